The zero-order valence-electron chi connectivity index (χ0n) is 10.4. The van der Waals surface area contributed by atoms with Crippen molar-refractivity contribution in [1.82, 2.24) is 5.32 Å². The number of amides is 1. The fourth-order valence-electron chi connectivity index (χ4n) is 1.77. The van der Waals surface area contributed by atoms with Crippen molar-refractivity contribution in [3.05, 3.63) is 68.6 Å². The molecule has 19 heavy (non-hydrogen) atoms. The summed E-state index contributed by atoms with van der Waals surface area (Å²) < 4.78 is 1.67. The summed E-state index contributed by atoms with van der Waals surface area (Å²) in [5.74, 6) is -0.0930. The monoisotopic (exact) mass is 381 g/mol. The van der Waals surface area contributed by atoms with E-state index in [1.807, 2.05) is 49.4 Å². The average Bonchev–Trinajstić information content (AvgIpc) is 2.42. The standard InChI is InChI=1S/C15H13Br2NO/c1-10(11-5-3-2-4-6-11)18-15(19)13-9-12(16)7-8-14(13)17/h2-10H,1H3,(H,18,19)/t10-/m1/s1. The third-order valence-electron chi connectivity index (χ3n) is 2.82. The Labute approximate surface area is 129 Å². The first-order valence-electron chi connectivity index (χ1n) is 5.89. The fourth-order valence-corrected chi connectivity index (χ4v) is 2.56. The molecule has 0 bridgehead atoms. The first kappa shape index (κ1) is 14.3. The van der Waals surface area contributed by atoms with Gasteiger partial charge in [0.15, 0.2) is 0 Å². The number of hydrogen-bond acceptors (Lipinski definition) is 1. The van der Waals surface area contributed by atoms with Gasteiger partial charge in [-0.3, -0.25) is 4.79 Å². The molecule has 4 heteroatoms. The van der Waals surface area contributed by atoms with E-state index in [0.29, 0.717) is 5.56 Å². The summed E-state index contributed by atoms with van der Waals surface area (Å²) in [4.78, 5) is 12.2. The minimum Gasteiger partial charge on any atom is -0.345 e. The molecule has 0 aliphatic rings. The molecule has 0 radical (unpaired) electrons. The van der Waals surface area contributed by atoms with Crippen LogP contribution in [0.4, 0.5) is 0 Å². The van der Waals surface area contributed by atoms with E-state index in [4.69, 9.17) is 0 Å². The van der Waals surface area contributed by atoms with Gasteiger partial charge in [-0.15, -0.1) is 0 Å². The van der Waals surface area contributed by atoms with Crippen molar-refractivity contribution in [2.45, 2.75) is 13.0 Å². The van der Waals surface area contributed by atoms with Gasteiger partial charge < -0.3 is 5.32 Å². The first-order chi connectivity index (χ1) is 9.08. The van der Waals surface area contributed by atoms with Crippen LogP contribution in [0.15, 0.2) is 57.5 Å². The summed E-state index contributed by atoms with van der Waals surface area (Å²) in [6, 6.07) is 15.4. The van der Waals surface area contributed by atoms with Gasteiger partial charge in [0.05, 0.1) is 11.6 Å². The molecular formula is C15H13Br2NO. The van der Waals surface area contributed by atoms with Gasteiger partial charge in [-0.1, -0.05) is 46.3 Å². The lowest BCUT2D eigenvalue weighted by Crippen LogP contribution is -2.26. The lowest BCUT2D eigenvalue weighted by atomic mass is 10.1. The molecule has 0 saturated heterocycles. The van der Waals surface area contributed by atoms with Crippen LogP contribution in [0.1, 0.15) is 28.9 Å². The SMILES string of the molecule is C[C@@H](NC(=O)c1cc(Br)ccc1Br)c1ccccc1. The molecule has 0 fully saturated rings. The van der Waals surface area contributed by atoms with Crippen LogP contribution in [0, 0.1) is 0 Å². The number of rotatable bonds is 3. The second kappa shape index (κ2) is 6.35. The number of hydrogen-bond donors (Lipinski definition) is 1. The van der Waals surface area contributed by atoms with Crippen molar-refractivity contribution in [1.29, 1.82) is 0 Å². The minimum absolute atomic E-state index is 0.0282. The number of carbonyl (C=O) groups is 1. The van der Waals surface area contributed by atoms with Crippen LogP contribution in [0.5, 0.6) is 0 Å². The molecule has 0 aromatic heterocycles. The largest absolute Gasteiger partial charge is 0.345 e. The highest BCUT2D eigenvalue weighted by atomic mass is 79.9. The molecule has 2 aromatic carbocycles. The summed E-state index contributed by atoms with van der Waals surface area (Å²) >= 11 is 6.77. The Morgan fingerprint density at radius 2 is 1.79 bits per heavy atom. The maximum atomic E-state index is 12.2. The van der Waals surface area contributed by atoms with Crippen molar-refractivity contribution in [3.63, 3.8) is 0 Å². The smallest absolute Gasteiger partial charge is 0.252 e. The van der Waals surface area contributed by atoms with E-state index in [0.717, 1.165) is 14.5 Å². The Bertz CT molecular complexity index is 584. The molecule has 0 saturated carbocycles. The summed E-state index contributed by atoms with van der Waals surface area (Å²) in [6.07, 6.45) is 0. The Balaban J connectivity index is 2.15. The van der Waals surface area contributed by atoms with Gasteiger partial charge in [-0.05, 0) is 46.6 Å². The molecule has 1 atom stereocenters. The highest BCUT2D eigenvalue weighted by molar-refractivity contribution is 9.11. The Kier molecular flexibility index (Phi) is 4.77. The van der Waals surface area contributed by atoms with Crippen molar-refractivity contribution in [2.24, 2.45) is 0 Å². The maximum absolute atomic E-state index is 12.2. The molecule has 0 aliphatic heterocycles. The topological polar surface area (TPSA) is 29.1 Å². The second-order valence-electron chi connectivity index (χ2n) is 4.23. The van der Waals surface area contributed by atoms with Gasteiger partial charge in [0.25, 0.3) is 5.91 Å². The first-order valence-corrected chi connectivity index (χ1v) is 7.47. The van der Waals surface area contributed by atoms with Crippen molar-refractivity contribution >= 4 is 37.8 Å². The summed E-state index contributed by atoms with van der Waals surface area (Å²) in [5, 5.41) is 2.99. The van der Waals surface area contributed by atoms with E-state index in [1.165, 1.54) is 0 Å². The van der Waals surface area contributed by atoms with E-state index in [2.05, 4.69) is 37.2 Å². The van der Waals surface area contributed by atoms with E-state index in [-0.39, 0.29) is 11.9 Å². The van der Waals surface area contributed by atoms with Crippen LogP contribution in [-0.4, -0.2) is 5.91 Å². The molecular weight excluding hydrogens is 370 g/mol. The predicted octanol–water partition coefficient (Wildman–Crippen LogP) is 4.70. The van der Waals surface area contributed by atoms with Crippen molar-refractivity contribution in [2.75, 3.05) is 0 Å². The molecule has 98 valence electrons. The predicted molar refractivity (Wildman–Crippen MR) is 84.2 cm³/mol. The number of benzene rings is 2. The second-order valence-corrected chi connectivity index (χ2v) is 6.00. The molecule has 0 heterocycles. The van der Waals surface area contributed by atoms with Gasteiger partial charge in [0, 0.05) is 8.95 Å². The van der Waals surface area contributed by atoms with Crippen LogP contribution < -0.4 is 5.32 Å². The van der Waals surface area contributed by atoms with Gasteiger partial charge in [-0.2, -0.15) is 0 Å². The molecule has 0 unspecified atom stereocenters. The van der Waals surface area contributed by atoms with Crippen LogP contribution in [0.3, 0.4) is 0 Å². The maximum Gasteiger partial charge on any atom is 0.252 e. The van der Waals surface area contributed by atoms with Crippen molar-refractivity contribution < 1.29 is 4.79 Å². The molecule has 1 amide bonds. The molecule has 2 rings (SSSR count). The van der Waals surface area contributed by atoms with E-state index < -0.39 is 0 Å². The van der Waals surface area contributed by atoms with Crippen LogP contribution in [0.2, 0.25) is 0 Å². The molecule has 2 aromatic rings. The molecule has 1 N–H and O–H groups in total. The molecule has 2 nitrogen and oxygen atoms in total. The van der Waals surface area contributed by atoms with Crippen LogP contribution in [0.25, 0.3) is 0 Å². The highest BCUT2D eigenvalue weighted by Gasteiger charge is 2.14. The Hall–Kier alpha value is -1.13. The van der Waals surface area contributed by atoms with E-state index >= 15 is 0 Å². The molecule has 0 aliphatic carbocycles. The van der Waals surface area contributed by atoms with Crippen LogP contribution >= 0.6 is 31.9 Å². The van der Waals surface area contributed by atoms with Crippen LogP contribution in [-0.2, 0) is 0 Å². The average molecular weight is 383 g/mol. The number of nitrogens with one attached hydrogen (secondary N) is 1. The zero-order chi connectivity index (χ0) is 13.8. The Morgan fingerprint density at radius 1 is 1.11 bits per heavy atom. The summed E-state index contributed by atoms with van der Waals surface area (Å²) in [5.41, 5.74) is 1.71. The third kappa shape index (κ3) is 3.67. The normalized spacial score (nSPS) is 11.9. The zero-order valence-corrected chi connectivity index (χ0v) is 13.5. The highest BCUT2D eigenvalue weighted by Crippen LogP contribution is 2.22. The quantitative estimate of drug-likeness (QED) is 0.818. The van der Waals surface area contributed by atoms with Gasteiger partial charge in [0.2, 0.25) is 0 Å². The van der Waals surface area contributed by atoms with Gasteiger partial charge >= 0.3 is 0 Å². The lowest BCUT2D eigenvalue weighted by molar-refractivity contribution is 0.0939. The number of halogens is 2. The third-order valence-corrected chi connectivity index (χ3v) is 4.00. The van der Waals surface area contributed by atoms with Crippen molar-refractivity contribution in [3.8, 4) is 0 Å². The van der Waals surface area contributed by atoms with Gasteiger partial charge in [0.1, 0.15) is 0 Å². The van der Waals surface area contributed by atoms with E-state index in [1.54, 1.807) is 6.07 Å². The summed E-state index contributed by atoms with van der Waals surface area (Å²) in [6.45, 7) is 1.97. The lowest BCUT2D eigenvalue weighted by Gasteiger charge is -2.15. The number of carbonyl (C=O) groups excluding carboxylic acids is 1. The van der Waals surface area contributed by atoms with E-state index in [9.17, 15) is 4.79 Å². The molecule has 0 spiro atoms. The van der Waals surface area contributed by atoms with Gasteiger partial charge in [-0.25, -0.2) is 0 Å². The Morgan fingerprint density at radius 3 is 2.47 bits per heavy atom. The minimum atomic E-state index is -0.0930. The summed E-state index contributed by atoms with van der Waals surface area (Å²) in [7, 11) is 0. The fraction of sp³-hybridized carbons (Fsp3) is 0.133.